The number of aromatic hydroxyl groups is 1. The molecule has 1 aromatic heterocycles. The Bertz CT molecular complexity index is 524. The maximum absolute atomic E-state index is 11.3. The summed E-state index contributed by atoms with van der Waals surface area (Å²) in [4.78, 5) is 11.3. The lowest BCUT2D eigenvalue weighted by Gasteiger charge is -1.97. The molecule has 1 N–H and O–H groups in total. The minimum atomic E-state index is -0.302. The van der Waals surface area contributed by atoms with Gasteiger partial charge in [-0.2, -0.15) is 0 Å². The molecule has 3 nitrogen and oxygen atoms in total. The smallest absolute Gasteiger partial charge is 0.293 e. The van der Waals surface area contributed by atoms with E-state index in [0.29, 0.717) is 11.3 Å². The summed E-state index contributed by atoms with van der Waals surface area (Å²) in [6.07, 6.45) is 0. The summed E-state index contributed by atoms with van der Waals surface area (Å²) in [6.45, 7) is 3.18. The van der Waals surface area contributed by atoms with Crippen LogP contribution in [0.25, 0.3) is 11.3 Å². The Hall–Kier alpha value is -2.03. The average molecular weight is 216 g/mol. The van der Waals surface area contributed by atoms with Crippen molar-refractivity contribution in [2.75, 3.05) is 0 Å². The molecule has 1 heterocycles. The molecule has 0 radical (unpaired) electrons. The van der Waals surface area contributed by atoms with Crippen LogP contribution in [0, 0.1) is 6.92 Å². The third kappa shape index (κ3) is 1.60. The zero-order valence-corrected chi connectivity index (χ0v) is 9.15. The van der Waals surface area contributed by atoms with E-state index in [0.717, 1.165) is 5.56 Å². The summed E-state index contributed by atoms with van der Waals surface area (Å²) in [6, 6.07) is 9.39. The number of hydrogen-bond donors (Lipinski definition) is 1. The predicted octanol–water partition coefficient (Wildman–Crippen LogP) is 3.16. The van der Waals surface area contributed by atoms with Gasteiger partial charge in [0.2, 0.25) is 0 Å². The van der Waals surface area contributed by atoms with Gasteiger partial charge in [0.25, 0.3) is 5.95 Å². The van der Waals surface area contributed by atoms with Gasteiger partial charge in [-0.3, -0.25) is 4.79 Å². The Morgan fingerprint density at radius 2 is 1.88 bits per heavy atom. The largest absolute Gasteiger partial charge is 0.480 e. The molecule has 3 heteroatoms. The van der Waals surface area contributed by atoms with Crippen molar-refractivity contribution in [2.45, 2.75) is 13.8 Å². The van der Waals surface area contributed by atoms with Crippen molar-refractivity contribution in [3.05, 3.63) is 41.5 Å². The Morgan fingerprint density at radius 3 is 2.38 bits per heavy atom. The Labute approximate surface area is 93.3 Å². The Kier molecular flexibility index (Phi) is 2.52. The van der Waals surface area contributed by atoms with Crippen LogP contribution in [0.15, 0.2) is 34.7 Å². The van der Waals surface area contributed by atoms with Crippen molar-refractivity contribution in [3.8, 4) is 17.3 Å². The van der Waals surface area contributed by atoms with Gasteiger partial charge in [0.15, 0.2) is 5.78 Å². The molecule has 0 saturated heterocycles. The van der Waals surface area contributed by atoms with Crippen molar-refractivity contribution in [1.29, 1.82) is 0 Å². The molecular formula is C13H12O3. The van der Waals surface area contributed by atoms with Gasteiger partial charge in [0, 0.05) is 11.1 Å². The molecule has 0 atom stereocenters. The zero-order valence-electron chi connectivity index (χ0n) is 9.15. The number of ketones is 1. The summed E-state index contributed by atoms with van der Waals surface area (Å²) in [5.41, 5.74) is 1.79. The van der Waals surface area contributed by atoms with E-state index in [1.54, 1.807) is 6.92 Å². The van der Waals surface area contributed by atoms with Gasteiger partial charge in [0.05, 0.1) is 0 Å². The quantitative estimate of drug-likeness (QED) is 0.784. The first-order chi connectivity index (χ1) is 7.61. The van der Waals surface area contributed by atoms with Crippen molar-refractivity contribution < 1.29 is 14.3 Å². The van der Waals surface area contributed by atoms with Crippen LogP contribution in [0.4, 0.5) is 0 Å². The average Bonchev–Trinajstić information content (AvgIpc) is 2.55. The fourth-order valence-corrected chi connectivity index (χ4v) is 1.78. The van der Waals surface area contributed by atoms with Crippen LogP contribution in [0.1, 0.15) is 22.8 Å². The number of furan rings is 1. The van der Waals surface area contributed by atoms with Crippen LogP contribution in [-0.2, 0) is 0 Å². The highest BCUT2D eigenvalue weighted by atomic mass is 16.5. The van der Waals surface area contributed by atoms with Crippen LogP contribution in [0.5, 0.6) is 5.95 Å². The second kappa shape index (κ2) is 3.85. The molecule has 0 unspecified atom stereocenters. The lowest BCUT2D eigenvalue weighted by atomic mass is 10.0. The number of carbonyl (C=O) groups excluding carboxylic acids is 1. The highest BCUT2D eigenvalue weighted by Crippen LogP contribution is 2.34. The fraction of sp³-hybridized carbons (Fsp3) is 0.154. The molecule has 0 aliphatic heterocycles. The van der Waals surface area contributed by atoms with Crippen molar-refractivity contribution in [2.24, 2.45) is 0 Å². The number of Topliss-reactive ketones (excluding diaryl/α,β-unsaturated/α-hetero) is 1. The lowest BCUT2D eigenvalue weighted by Crippen LogP contribution is -1.92. The van der Waals surface area contributed by atoms with Gasteiger partial charge < -0.3 is 9.52 Å². The van der Waals surface area contributed by atoms with E-state index < -0.39 is 0 Å². The van der Waals surface area contributed by atoms with Crippen LogP contribution in [0.3, 0.4) is 0 Å². The van der Waals surface area contributed by atoms with E-state index in [1.807, 2.05) is 30.3 Å². The van der Waals surface area contributed by atoms with Crippen LogP contribution in [0.2, 0.25) is 0 Å². The minimum Gasteiger partial charge on any atom is -0.480 e. The number of benzene rings is 1. The predicted molar refractivity (Wildman–Crippen MR) is 60.6 cm³/mol. The summed E-state index contributed by atoms with van der Waals surface area (Å²) < 4.78 is 5.23. The van der Waals surface area contributed by atoms with Crippen LogP contribution >= 0.6 is 0 Å². The number of carbonyl (C=O) groups is 1. The summed E-state index contributed by atoms with van der Waals surface area (Å²) in [7, 11) is 0. The third-order valence-corrected chi connectivity index (χ3v) is 2.52. The summed E-state index contributed by atoms with van der Waals surface area (Å²) >= 11 is 0. The van der Waals surface area contributed by atoms with Crippen LogP contribution in [-0.4, -0.2) is 10.9 Å². The van der Waals surface area contributed by atoms with E-state index in [-0.39, 0.29) is 17.3 Å². The molecule has 2 rings (SSSR count). The van der Waals surface area contributed by atoms with E-state index >= 15 is 0 Å². The number of rotatable bonds is 2. The second-order valence-electron chi connectivity index (χ2n) is 3.66. The molecule has 0 aliphatic rings. The van der Waals surface area contributed by atoms with Gasteiger partial charge in [-0.15, -0.1) is 0 Å². The molecule has 0 spiro atoms. The standard InChI is InChI=1S/C13H12O3/c1-8-11(9(2)14)13(15)16-12(8)10-6-4-3-5-7-10/h3-7,15H,1-2H3. The van der Waals surface area contributed by atoms with Gasteiger partial charge in [-0.25, -0.2) is 0 Å². The van der Waals surface area contributed by atoms with Gasteiger partial charge in [-0.1, -0.05) is 30.3 Å². The van der Waals surface area contributed by atoms with Gasteiger partial charge >= 0.3 is 0 Å². The topological polar surface area (TPSA) is 50.4 Å². The first kappa shape index (κ1) is 10.5. The Morgan fingerprint density at radius 1 is 1.25 bits per heavy atom. The first-order valence-electron chi connectivity index (χ1n) is 5.00. The van der Waals surface area contributed by atoms with E-state index in [1.165, 1.54) is 6.92 Å². The molecular weight excluding hydrogens is 204 g/mol. The summed E-state index contributed by atoms with van der Waals surface area (Å²) in [5, 5.41) is 9.56. The lowest BCUT2D eigenvalue weighted by molar-refractivity contribution is 0.101. The summed E-state index contributed by atoms with van der Waals surface area (Å²) in [5.74, 6) is 0.0492. The zero-order chi connectivity index (χ0) is 11.7. The molecule has 2 aromatic rings. The highest BCUT2D eigenvalue weighted by Gasteiger charge is 2.20. The van der Waals surface area contributed by atoms with Crippen molar-refractivity contribution >= 4 is 5.78 Å². The molecule has 0 aliphatic carbocycles. The first-order valence-corrected chi connectivity index (χ1v) is 5.00. The van der Waals surface area contributed by atoms with Crippen LogP contribution < -0.4 is 0 Å². The molecule has 1 aromatic carbocycles. The fourth-order valence-electron chi connectivity index (χ4n) is 1.78. The van der Waals surface area contributed by atoms with Gasteiger partial charge in [0.1, 0.15) is 11.3 Å². The SMILES string of the molecule is CC(=O)c1c(O)oc(-c2ccccc2)c1C. The molecule has 0 saturated carbocycles. The molecule has 0 fully saturated rings. The van der Waals surface area contributed by atoms with E-state index in [9.17, 15) is 9.90 Å². The van der Waals surface area contributed by atoms with E-state index in [4.69, 9.17) is 4.42 Å². The molecule has 0 amide bonds. The number of hydrogen-bond acceptors (Lipinski definition) is 3. The van der Waals surface area contributed by atoms with E-state index in [2.05, 4.69) is 0 Å². The Balaban J connectivity index is 2.61. The van der Waals surface area contributed by atoms with Gasteiger partial charge in [-0.05, 0) is 13.8 Å². The maximum atomic E-state index is 11.3. The maximum Gasteiger partial charge on any atom is 0.293 e. The second-order valence-corrected chi connectivity index (χ2v) is 3.66. The highest BCUT2D eigenvalue weighted by molar-refractivity contribution is 5.99. The van der Waals surface area contributed by atoms with Crippen molar-refractivity contribution in [1.82, 2.24) is 0 Å². The van der Waals surface area contributed by atoms with Crippen molar-refractivity contribution in [3.63, 3.8) is 0 Å². The minimum absolute atomic E-state index is 0.194. The third-order valence-electron chi connectivity index (χ3n) is 2.52. The monoisotopic (exact) mass is 216 g/mol. The molecule has 16 heavy (non-hydrogen) atoms. The normalized spacial score (nSPS) is 10.4. The molecule has 82 valence electrons. The molecule has 0 bridgehead atoms.